The van der Waals surface area contributed by atoms with E-state index in [-0.39, 0.29) is 24.5 Å². The van der Waals surface area contributed by atoms with Gasteiger partial charge in [0.1, 0.15) is 6.04 Å². The molecule has 2 atom stereocenters. The van der Waals surface area contributed by atoms with Gasteiger partial charge in [-0.1, -0.05) is 6.92 Å². The Labute approximate surface area is 72.9 Å². The number of rotatable bonds is 5. The molecule has 0 radical (unpaired) electrons. The fraction of sp³-hybridized carbons (Fsp3) is 0.875. The fourth-order valence-electron chi connectivity index (χ4n) is 0.703. The summed E-state index contributed by atoms with van der Waals surface area (Å²) in [7, 11) is 1.36. The molecule has 12 heavy (non-hydrogen) atoms. The van der Waals surface area contributed by atoms with E-state index in [0.29, 0.717) is 6.54 Å². The second-order valence-electron chi connectivity index (χ2n) is 2.94. The molecule has 0 aromatic carbocycles. The van der Waals surface area contributed by atoms with Crippen molar-refractivity contribution in [2.75, 3.05) is 20.3 Å². The molecule has 0 saturated heterocycles. The van der Waals surface area contributed by atoms with E-state index in [9.17, 15) is 4.79 Å². The first-order chi connectivity index (χ1) is 5.61. The molecule has 0 spiro atoms. The first-order valence-corrected chi connectivity index (χ1v) is 4.03. The van der Waals surface area contributed by atoms with E-state index in [4.69, 9.17) is 5.11 Å². The quantitative estimate of drug-likeness (QED) is 0.566. The maximum absolute atomic E-state index is 10.9. The van der Waals surface area contributed by atoms with Crippen molar-refractivity contribution < 1.29 is 14.6 Å². The average molecular weight is 175 g/mol. The van der Waals surface area contributed by atoms with Crippen molar-refractivity contribution >= 4 is 5.97 Å². The van der Waals surface area contributed by atoms with Gasteiger partial charge < -0.3 is 15.2 Å². The molecule has 72 valence electrons. The maximum Gasteiger partial charge on any atom is 0.322 e. The van der Waals surface area contributed by atoms with Gasteiger partial charge in [-0.3, -0.25) is 4.79 Å². The van der Waals surface area contributed by atoms with Crippen molar-refractivity contribution in [2.45, 2.75) is 19.9 Å². The highest BCUT2D eigenvalue weighted by Crippen LogP contribution is 1.92. The lowest BCUT2D eigenvalue weighted by atomic mass is 10.2. The number of carbonyl (C=O) groups is 1. The molecule has 0 bridgehead atoms. The number of carbonyl (C=O) groups excluding carboxylic acids is 1. The smallest absolute Gasteiger partial charge is 0.322 e. The predicted molar refractivity (Wildman–Crippen MR) is 45.7 cm³/mol. The minimum Gasteiger partial charge on any atom is -0.468 e. The number of ether oxygens (including phenoxy) is 1. The standard InChI is InChI=1S/C8H17NO3/c1-6(5-10)4-9-7(2)8(11)12-3/h6-7,9-10H,4-5H2,1-3H3. The van der Waals surface area contributed by atoms with E-state index in [1.807, 2.05) is 6.92 Å². The van der Waals surface area contributed by atoms with Crippen LogP contribution in [0.2, 0.25) is 0 Å². The maximum atomic E-state index is 10.9. The van der Waals surface area contributed by atoms with Gasteiger partial charge in [0.2, 0.25) is 0 Å². The highest BCUT2D eigenvalue weighted by atomic mass is 16.5. The minimum atomic E-state index is -0.302. The van der Waals surface area contributed by atoms with Gasteiger partial charge in [-0.05, 0) is 12.8 Å². The Kier molecular flexibility index (Phi) is 5.66. The third-order valence-corrected chi connectivity index (χ3v) is 1.64. The second-order valence-corrected chi connectivity index (χ2v) is 2.94. The number of hydrogen-bond acceptors (Lipinski definition) is 4. The Morgan fingerprint density at radius 2 is 2.17 bits per heavy atom. The monoisotopic (exact) mass is 175 g/mol. The lowest BCUT2D eigenvalue weighted by Crippen LogP contribution is -2.37. The van der Waals surface area contributed by atoms with E-state index >= 15 is 0 Å². The molecule has 4 nitrogen and oxygen atoms in total. The topological polar surface area (TPSA) is 58.6 Å². The van der Waals surface area contributed by atoms with Crippen LogP contribution in [-0.2, 0) is 9.53 Å². The first-order valence-electron chi connectivity index (χ1n) is 4.03. The van der Waals surface area contributed by atoms with Crippen LogP contribution in [-0.4, -0.2) is 37.4 Å². The van der Waals surface area contributed by atoms with E-state index in [0.717, 1.165) is 0 Å². The molecule has 0 heterocycles. The lowest BCUT2D eigenvalue weighted by Gasteiger charge is -2.13. The van der Waals surface area contributed by atoms with E-state index in [2.05, 4.69) is 10.1 Å². The average Bonchev–Trinajstić information content (AvgIpc) is 2.11. The molecule has 0 saturated carbocycles. The molecular formula is C8H17NO3. The number of hydrogen-bond donors (Lipinski definition) is 2. The predicted octanol–water partition coefficient (Wildman–Crippen LogP) is -0.234. The summed E-state index contributed by atoms with van der Waals surface area (Å²) in [6, 6.07) is -0.302. The van der Waals surface area contributed by atoms with Crippen LogP contribution in [0, 0.1) is 5.92 Å². The van der Waals surface area contributed by atoms with Gasteiger partial charge in [0.05, 0.1) is 7.11 Å². The zero-order valence-corrected chi connectivity index (χ0v) is 7.83. The number of methoxy groups -OCH3 is 1. The zero-order chi connectivity index (χ0) is 9.56. The molecule has 4 heteroatoms. The summed E-state index contributed by atoms with van der Waals surface area (Å²) in [5.41, 5.74) is 0. The van der Waals surface area contributed by atoms with Crippen LogP contribution in [0.15, 0.2) is 0 Å². The van der Waals surface area contributed by atoms with Gasteiger partial charge in [-0.25, -0.2) is 0 Å². The van der Waals surface area contributed by atoms with Crippen molar-refractivity contribution in [1.29, 1.82) is 0 Å². The summed E-state index contributed by atoms with van der Waals surface area (Å²) in [5.74, 6) is -0.114. The molecule has 0 fully saturated rings. The van der Waals surface area contributed by atoms with Gasteiger partial charge in [0.15, 0.2) is 0 Å². The van der Waals surface area contributed by atoms with E-state index in [1.165, 1.54) is 7.11 Å². The summed E-state index contributed by atoms with van der Waals surface area (Å²) in [5, 5.41) is 11.6. The molecule has 0 aliphatic rings. The molecule has 0 amide bonds. The van der Waals surface area contributed by atoms with Crippen LogP contribution < -0.4 is 5.32 Å². The normalized spacial score (nSPS) is 15.3. The van der Waals surface area contributed by atoms with Crippen LogP contribution in [0.5, 0.6) is 0 Å². The van der Waals surface area contributed by atoms with Crippen molar-refractivity contribution in [1.82, 2.24) is 5.32 Å². The largest absolute Gasteiger partial charge is 0.468 e. The molecule has 0 aromatic rings. The summed E-state index contributed by atoms with van der Waals surface area (Å²) >= 11 is 0. The molecule has 2 N–H and O–H groups in total. The second kappa shape index (κ2) is 5.97. The van der Waals surface area contributed by atoms with Crippen molar-refractivity contribution in [3.8, 4) is 0 Å². The third kappa shape index (κ3) is 4.31. The lowest BCUT2D eigenvalue weighted by molar-refractivity contribution is -0.142. The van der Waals surface area contributed by atoms with Crippen LogP contribution in [0.3, 0.4) is 0 Å². The highest BCUT2D eigenvalue weighted by molar-refractivity contribution is 5.74. The van der Waals surface area contributed by atoms with Gasteiger partial charge in [0.25, 0.3) is 0 Å². The van der Waals surface area contributed by atoms with Gasteiger partial charge in [0, 0.05) is 13.2 Å². The van der Waals surface area contributed by atoms with Crippen molar-refractivity contribution in [3.05, 3.63) is 0 Å². The van der Waals surface area contributed by atoms with Crippen LogP contribution in [0.25, 0.3) is 0 Å². The highest BCUT2D eigenvalue weighted by Gasteiger charge is 2.12. The Hall–Kier alpha value is -0.610. The van der Waals surface area contributed by atoms with Gasteiger partial charge in [-0.2, -0.15) is 0 Å². The minimum absolute atomic E-state index is 0.126. The molecule has 0 rings (SSSR count). The Morgan fingerprint density at radius 3 is 2.58 bits per heavy atom. The SMILES string of the molecule is COC(=O)C(C)NCC(C)CO. The summed E-state index contributed by atoms with van der Waals surface area (Å²) < 4.78 is 4.51. The van der Waals surface area contributed by atoms with E-state index < -0.39 is 0 Å². The van der Waals surface area contributed by atoms with Crippen LogP contribution >= 0.6 is 0 Å². The van der Waals surface area contributed by atoms with Gasteiger partial charge >= 0.3 is 5.97 Å². The molecule has 0 aromatic heterocycles. The molecular weight excluding hydrogens is 158 g/mol. The summed E-state index contributed by atoms with van der Waals surface area (Å²) in [6.07, 6.45) is 0. The number of aliphatic hydroxyl groups excluding tert-OH is 1. The number of aliphatic hydroxyl groups is 1. The zero-order valence-electron chi connectivity index (χ0n) is 7.83. The third-order valence-electron chi connectivity index (χ3n) is 1.64. The van der Waals surface area contributed by atoms with Crippen molar-refractivity contribution in [2.24, 2.45) is 5.92 Å². The van der Waals surface area contributed by atoms with Crippen LogP contribution in [0.1, 0.15) is 13.8 Å². The molecule has 0 aliphatic carbocycles. The van der Waals surface area contributed by atoms with Crippen molar-refractivity contribution in [3.63, 3.8) is 0 Å². The number of esters is 1. The van der Waals surface area contributed by atoms with E-state index in [1.54, 1.807) is 6.92 Å². The number of nitrogens with one attached hydrogen (secondary N) is 1. The van der Waals surface area contributed by atoms with Gasteiger partial charge in [-0.15, -0.1) is 0 Å². The molecule has 2 unspecified atom stereocenters. The molecule has 0 aliphatic heterocycles. The Bertz CT molecular complexity index is 138. The first kappa shape index (κ1) is 11.4. The summed E-state index contributed by atoms with van der Waals surface area (Å²) in [4.78, 5) is 10.9. The fourth-order valence-corrected chi connectivity index (χ4v) is 0.703. The Morgan fingerprint density at radius 1 is 1.58 bits per heavy atom. The van der Waals surface area contributed by atoms with Crippen LogP contribution in [0.4, 0.5) is 0 Å². The Balaban J connectivity index is 3.56. The summed E-state index contributed by atoms with van der Waals surface area (Å²) in [6.45, 7) is 4.38.